The Labute approximate surface area is 125 Å². The van der Waals surface area contributed by atoms with Gasteiger partial charge in [-0.05, 0) is 41.7 Å². The van der Waals surface area contributed by atoms with E-state index in [9.17, 15) is 0 Å². The fraction of sp³-hybridized carbons (Fsp3) is 0.667. The van der Waals surface area contributed by atoms with E-state index >= 15 is 0 Å². The van der Waals surface area contributed by atoms with Crippen molar-refractivity contribution in [1.29, 1.82) is 0 Å². The van der Waals surface area contributed by atoms with Gasteiger partial charge in [-0.15, -0.1) is 0 Å². The van der Waals surface area contributed by atoms with E-state index in [0.29, 0.717) is 11.3 Å². The Morgan fingerprint density at radius 2 is 2.21 bits per heavy atom. The third-order valence-corrected chi connectivity index (χ3v) is 5.78. The summed E-state index contributed by atoms with van der Waals surface area (Å²) < 4.78 is 0. The van der Waals surface area contributed by atoms with Gasteiger partial charge in [0.2, 0.25) is 0 Å². The van der Waals surface area contributed by atoms with Crippen molar-refractivity contribution < 1.29 is 0 Å². The van der Waals surface area contributed by atoms with Crippen LogP contribution in [0.25, 0.3) is 0 Å². The summed E-state index contributed by atoms with van der Waals surface area (Å²) in [5, 5.41) is 9.78. The maximum atomic E-state index is 4.67. The Morgan fingerprint density at radius 1 is 1.42 bits per heavy atom. The second-order valence-corrected chi connectivity index (χ2v) is 7.27. The van der Waals surface area contributed by atoms with Gasteiger partial charge in [-0.3, -0.25) is 4.99 Å². The predicted molar refractivity (Wildman–Crippen MR) is 88.4 cm³/mol. The van der Waals surface area contributed by atoms with Gasteiger partial charge < -0.3 is 5.32 Å². The minimum absolute atomic E-state index is 0.460. The van der Waals surface area contributed by atoms with Gasteiger partial charge in [0.1, 0.15) is 0 Å². The molecule has 0 bridgehead atoms. The van der Waals surface area contributed by atoms with Gasteiger partial charge in [-0.1, -0.05) is 38.5 Å². The molecule has 1 aliphatic rings. The molecule has 0 saturated heterocycles. The second-order valence-electron chi connectivity index (χ2n) is 5.26. The highest BCUT2D eigenvalue weighted by molar-refractivity contribution is 8.14. The molecule has 0 saturated carbocycles. The van der Waals surface area contributed by atoms with Crippen LogP contribution in [0.4, 0.5) is 0 Å². The highest BCUT2D eigenvalue weighted by Gasteiger charge is 2.26. The van der Waals surface area contributed by atoms with E-state index in [1.165, 1.54) is 18.4 Å². The highest BCUT2D eigenvalue weighted by atomic mass is 32.2. The van der Waals surface area contributed by atoms with Crippen LogP contribution in [-0.4, -0.2) is 23.0 Å². The molecule has 1 N–H and O–H groups in total. The molecular weight excluding hydrogens is 272 g/mol. The van der Waals surface area contributed by atoms with Crippen molar-refractivity contribution in [3.63, 3.8) is 0 Å². The lowest BCUT2D eigenvalue weighted by atomic mass is 9.99. The molecule has 2 nitrogen and oxygen atoms in total. The van der Waals surface area contributed by atoms with Crippen LogP contribution in [0.15, 0.2) is 21.8 Å². The fourth-order valence-corrected chi connectivity index (χ4v) is 4.67. The normalized spacial score (nSPS) is 20.6. The molecule has 2 rings (SSSR count). The molecule has 0 aliphatic carbocycles. The number of thioether (sulfide) groups is 1. The van der Waals surface area contributed by atoms with Gasteiger partial charge in [0.05, 0.1) is 6.54 Å². The maximum Gasteiger partial charge on any atom is 0.157 e. The van der Waals surface area contributed by atoms with Crippen molar-refractivity contribution in [2.75, 3.05) is 6.54 Å². The molecule has 0 aromatic carbocycles. The molecule has 2 unspecified atom stereocenters. The molecule has 2 atom stereocenters. The number of nitrogens with one attached hydrogen (secondary N) is 1. The molecule has 1 aromatic heterocycles. The topological polar surface area (TPSA) is 24.4 Å². The van der Waals surface area contributed by atoms with Crippen LogP contribution in [0, 0.1) is 5.92 Å². The van der Waals surface area contributed by atoms with Crippen LogP contribution in [-0.2, 0) is 6.42 Å². The molecule has 0 spiro atoms. The highest BCUT2D eigenvalue weighted by Crippen LogP contribution is 2.30. The van der Waals surface area contributed by atoms with Gasteiger partial charge >= 0.3 is 0 Å². The van der Waals surface area contributed by atoms with Gasteiger partial charge in [-0.2, -0.15) is 11.3 Å². The molecule has 0 amide bonds. The van der Waals surface area contributed by atoms with E-state index < -0.39 is 0 Å². The van der Waals surface area contributed by atoms with Crippen LogP contribution in [0.3, 0.4) is 0 Å². The van der Waals surface area contributed by atoms with Gasteiger partial charge in [0.25, 0.3) is 0 Å². The number of rotatable bonds is 6. The van der Waals surface area contributed by atoms with E-state index in [1.807, 2.05) is 11.8 Å². The number of thiophene rings is 1. The van der Waals surface area contributed by atoms with Gasteiger partial charge in [0.15, 0.2) is 5.17 Å². The fourth-order valence-electron chi connectivity index (χ4n) is 2.55. The van der Waals surface area contributed by atoms with Crippen molar-refractivity contribution in [3.05, 3.63) is 22.4 Å². The van der Waals surface area contributed by atoms with E-state index in [2.05, 4.69) is 47.9 Å². The summed E-state index contributed by atoms with van der Waals surface area (Å²) in [5.41, 5.74) is 1.42. The molecule has 0 radical (unpaired) electrons. The number of amidine groups is 1. The quantitative estimate of drug-likeness (QED) is 0.852. The van der Waals surface area contributed by atoms with Crippen LogP contribution in [0.1, 0.15) is 39.2 Å². The Hall–Kier alpha value is -0.480. The summed E-state index contributed by atoms with van der Waals surface area (Å²) >= 11 is 3.72. The van der Waals surface area contributed by atoms with Crippen molar-refractivity contribution >= 4 is 28.3 Å². The standard InChI is InChI=1S/C15H24N2S2/c1-4-13(5-2)14-9-16-15(19-14)17-11(3)8-12-6-7-18-10-12/h6-7,10-11,13-14H,4-5,8-9H2,1-3H3,(H,16,17). The zero-order chi connectivity index (χ0) is 13.7. The Morgan fingerprint density at radius 3 is 2.84 bits per heavy atom. The summed E-state index contributed by atoms with van der Waals surface area (Å²) in [4.78, 5) is 4.67. The van der Waals surface area contributed by atoms with E-state index in [0.717, 1.165) is 24.1 Å². The molecular formula is C15H24N2S2. The largest absolute Gasteiger partial charge is 0.362 e. The molecule has 0 fully saturated rings. The average molecular weight is 297 g/mol. The minimum atomic E-state index is 0.460. The summed E-state index contributed by atoms with van der Waals surface area (Å²) in [6, 6.07) is 2.67. The number of hydrogen-bond donors (Lipinski definition) is 1. The van der Waals surface area contributed by atoms with E-state index in [1.54, 1.807) is 11.3 Å². The summed E-state index contributed by atoms with van der Waals surface area (Å²) in [6.45, 7) is 7.81. The Kier molecular flexibility index (Phi) is 5.76. The van der Waals surface area contributed by atoms with Crippen molar-refractivity contribution in [3.8, 4) is 0 Å². The number of hydrogen-bond acceptors (Lipinski definition) is 4. The van der Waals surface area contributed by atoms with Gasteiger partial charge in [-0.25, -0.2) is 0 Å². The zero-order valence-corrected chi connectivity index (χ0v) is 13.7. The molecule has 19 heavy (non-hydrogen) atoms. The zero-order valence-electron chi connectivity index (χ0n) is 12.1. The summed E-state index contributed by atoms with van der Waals surface area (Å²) in [7, 11) is 0. The second kappa shape index (κ2) is 7.34. The lowest BCUT2D eigenvalue weighted by molar-refractivity contribution is 0.479. The number of nitrogens with zero attached hydrogens (tertiary/aromatic N) is 1. The van der Waals surface area contributed by atoms with Crippen molar-refractivity contribution in [2.24, 2.45) is 10.9 Å². The SMILES string of the molecule is CCC(CC)C1CN=C(NC(C)Cc2ccsc2)S1. The molecule has 4 heteroatoms. The van der Waals surface area contributed by atoms with Crippen LogP contribution in [0.2, 0.25) is 0 Å². The monoisotopic (exact) mass is 296 g/mol. The lowest BCUT2D eigenvalue weighted by Gasteiger charge is -2.19. The smallest absolute Gasteiger partial charge is 0.157 e. The van der Waals surface area contributed by atoms with E-state index in [-0.39, 0.29) is 0 Å². The van der Waals surface area contributed by atoms with Crippen molar-refractivity contribution in [2.45, 2.75) is 51.3 Å². The maximum absolute atomic E-state index is 4.67. The Bertz CT molecular complexity index is 396. The van der Waals surface area contributed by atoms with Crippen LogP contribution < -0.4 is 5.32 Å². The first kappa shape index (κ1) is 14.9. The molecule has 106 valence electrons. The van der Waals surface area contributed by atoms with Crippen LogP contribution >= 0.6 is 23.1 Å². The number of aliphatic imine (C=N–C) groups is 1. The average Bonchev–Trinajstić information content (AvgIpc) is 3.03. The summed E-state index contributed by atoms with van der Waals surface area (Å²) in [5.74, 6) is 0.806. The minimum Gasteiger partial charge on any atom is -0.362 e. The van der Waals surface area contributed by atoms with Crippen molar-refractivity contribution in [1.82, 2.24) is 5.32 Å². The molecule has 2 heterocycles. The molecule has 1 aliphatic heterocycles. The first-order valence-electron chi connectivity index (χ1n) is 7.21. The van der Waals surface area contributed by atoms with E-state index in [4.69, 9.17) is 0 Å². The lowest BCUT2D eigenvalue weighted by Crippen LogP contribution is -2.32. The third kappa shape index (κ3) is 4.25. The van der Waals surface area contributed by atoms with Gasteiger partial charge in [0, 0.05) is 11.3 Å². The first-order chi connectivity index (χ1) is 9.22. The third-order valence-electron chi connectivity index (χ3n) is 3.74. The van der Waals surface area contributed by atoms with Crippen LogP contribution in [0.5, 0.6) is 0 Å². The summed E-state index contributed by atoms with van der Waals surface area (Å²) in [6.07, 6.45) is 3.61. The Balaban J connectivity index is 1.78. The molecule has 1 aromatic rings. The predicted octanol–water partition coefficient (Wildman–Crippen LogP) is 4.18. The first-order valence-corrected chi connectivity index (χ1v) is 9.03.